The van der Waals surface area contributed by atoms with Crippen LogP contribution in [-0.4, -0.2) is 30.8 Å². The molecule has 2 aromatic rings. The van der Waals surface area contributed by atoms with Crippen molar-refractivity contribution in [2.75, 3.05) is 19.6 Å². The summed E-state index contributed by atoms with van der Waals surface area (Å²) in [5.74, 6) is 0. The van der Waals surface area contributed by atoms with Gasteiger partial charge in [-0.2, -0.15) is 0 Å². The molecule has 0 bridgehead atoms. The van der Waals surface area contributed by atoms with Crippen LogP contribution in [0.15, 0.2) is 54.6 Å². The highest BCUT2D eigenvalue weighted by Crippen LogP contribution is 2.25. The third kappa shape index (κ3) is 3.96. The van der Waals surface area contributed by atoms with Crippen LogP contribution in [-0.2, 0) is 0 Å². The van der Waals surface area contributed by atoms with E-state index in [-0.39, 0.29) is 0 Å². The van der Waals surface area contributed by atoms with Crippen LogP contribution in [0.3, 0.4) is 0 Å². The van der Waals surface area contributed by atoms with Gasteiger partial charge in [0.05, 0.1) is 0 Å². The molecular weight excluding hydrogens is 282 g/mol. The van der Waals surface area contributed by atoms with Gasteiger partial charge in [-0.15, -0.1) is 0 Å². The topological polar surface area (TPSA) is 20.3 Å². The Bertz CT molecular complexity index is 694. The SMILES string of the molecule is Cc1ccc(/C(=C\CN2CCCC2)c2cccc(C=O)c2)cc1. The number of rotatable bonds is 5. The first kappa shape index (κ1) is 15.7. The average molecular weight is 305 g/mol. The molecule has 1 aliphatic heterocycles. The van der Waals surface area contributed by atoms with Crippen LogP contribution in [0.4, 0.5) is 0 Å². The highest BCUT2D eigenvalue weighted by atomic mass is 16.1. The van der Waals surface area contributed by atoms with Crippen molar-refractivity contribution < 1.29 is 4.79 Å². The predicted molar refractivity (Wildman–Crippen MR) is 95.8 cm³/mol. The van der Waals surface area contributed by atoms with Gasteiger partial charge in [0.15, 0.2) is 0 Å². The van der Waals surface area contributed by atoms with E-state index in [2.05, 4.69) is 48.2 Å². The van der Waals surface area contributed by atoms with Crippen LogP contribution in [0.2, 0.25) is 0 Å². The van der Waals surface area contributed by atoms with Gasteiger partial charge < -0.3 is 0 Å². The lowest BCUT2D eigenvalue weighted by molar-refractivity contribution is 0.112. The molecule has 0 N–H and O–H groups in total. The smallest absolute Gasteiger partial charge is 0.150 e. The van der Waals surface area contributed by atoms with Crippen molar-refractivity contribution in [1.29, 1.82) is 0 Å². The molecule has 3 rings (SSSR count). The average Bonchev–Trinajstić information content (AvgIpc) is 3.10. The van der Waals surface area contributed by atoms with Crippen molar-refractivity contribution >= 4 is 11.9 Å². The van der Waals surface area contributed by atoms with E-state index in [1.54, 1.807) is 0 Å². The minimum atomic E-state index is 0.724. The Balaban J connectivity index is 1.95. The maximum Gasteiger partial charge on any atom is 0.150 e. The van der Waals surface area contributed by atoms with Crippen LogP contribution < -0.4 is 0 Å². The summed E-state index contributed by atoms with van der Waals surface area (Å²) in [6.07, 6.45) is 5.82. The number of hydrogen-bond acceptors (Lipinski definition) is 2. The number of likely N-dealkylation sites (tertiary alicyclic amines) is 1. The zero-order chi connectivity index (χ0) is 16.1. The van der Waals surface area contributed by atoms with Crippen LogP contribution in [0.5, 0.6) is 0 Å². The van der Waals surface area contributed by atoms with E-state index in [9.17, 15) is 4.79 Å². The van der Waals surface area contributed by atoms with Gasteiger partial charge in [0, 0.05) is 12.1 Å². The number of nitrogens with zero attached hydrogens (tertiary/aromatic N) is 1. The van der Waals surface area contributed by atoms with E-state index < -0.39 is 0 Å². The standard InChI is InChI=1S/C21H23NO/c1-17-7-9-19(10-8-17)21(11-14-22-12-2-3-13-22)20-6-4-5-18(15-20)16-23/h4-11,15-16H,2-3,12-14H2,1H3/b21-11+. The van der Waals surface area contributed by atoms with Gasteiger partial charge in [0.1, 0.15) is 6.29 Å². The van der Waals surface area contributed by atoms with Crippen molar-refractivity contribution in [2.45, 2.75) is 19.8 Å². The first-order valence-electron chi connectivity index (χ1n) is 8.31. The lowest BCUT2D eigenvalue weighted by Gasteiger charge is -2.15. The fourth-order valence-electron chi connectivity index (χ4n) is 3.10. The molecule has 23 heavy (non-hydrogen) atoms. The molecule has 1 fully saturated rings. The molecule has 0 amide bonds. The zero-order valence-corrected chi connectivity index (χ0v) is 13.7. The molecular formula is C21H23NO. The first-order chi connectivity index (χ1) is 11.3. The maximum absolute atomic E-state index is 11.1. The first-order valence-corrected chi connectivity index (χ1v) is 8.31. The fourth-order valence-corrected chi connectivity index (χ4v) is 3.10. The number of aldehydes is 1. The Morgan fingerprint density at radius 3 is 2.48 bits per heavy atom. The second-order valence-corrected chi connectivity index (χ2v) is 6.23. The summed E-state index contributed by atoms with van der Waals surface area (Å²) in [7, 11) is 0. The van der Waals surface area contributed by atoms with E-state index >= 15 is 0 Å². The molecule has 1 saturated heterocycles. The number of benzene rings is 2. The molecule has 2 nitrogen and oxygen atoms in total. The molecule has 2 aromatic carbocycles. The lowest BCUT2D eigenvalue weighted by Crippen LogP contribution is -2.19. The van der Waals surface area contributed by atoms with Crippen LogP contribution in [0.1, 0.15) is 39.9 Å². The van der Waals surface area contributed by atoms with Crippen LogP contribution >= 0.6 is 0 Å². The monoisotopic (exact) mass is 305 g/mol. The molecule has 0 spiro atoms. The quantitative estimate of drug-likeness (QED) is 0.766. The van der Waals surface area contributed by atoms with Crippen molar-refractivity contribution in [3.8, 4) is 0 Å². The molecule has 0 aliphatic carbocycles. The van der Waals surface area contributed by atoms with Crippen LogP contribution in [0, 0.1) is 6.92 Å². The van der Waals surface area contributed by atoms with Gasteiger partial charge in [-0.3, -0.25) is 9.69 Å². The van der Waals surface area contributed by atoms with Gasteiger partial charge in [-0.1, -0.05) is 54.1 Å². The summed E-state index contributed by atoms with van der Waals surface area (Å²) >= 11 is 0. The fraction of sp³-hybridized carbons (Fsp3) is 0.286. The number of hydrogen-bond donors (Lipinski definition) is 0. The van der Waals surface area contributed by atoms with E-state index in [0.29, 0.717) is 0 Å². The largest absolute Gasteiger partial charge is 0.300 e. The summed E-state index contributed by atoms with van der Waals surface area (Å²) in [5.41, 5.74) is 5.51. The summed E-state index contributed by atoms with van der Waals surface area (Å²) < 4.78 is 0. The van der Waals surface area contributed by atoms with E-state index in [4.69, 9.17) is 0 Å². The number of aryl methyl sites for hydroxylation is 1. The Kier molecular flexibility index (Phi) is 5.04. The summed E-state index contributed by atoms with van der Waals surface area (Å²) in [6.45, 7) is 5.44. The van der Waals surface area contributed by atoms with Crippen molar-refractivity contribution in [3.63, 3.8) is 0 Å². The molecule has 1 aliphatic rings. The summed E-state index contributed by atoms with van der Waals surface area (Å²) in [5, 5.41) is 0. The van der Waals surface area contributed by atoms with Crippen LogP contribution in [0.25, 0.3) is 5.57 Å². The molecule has 0 saturated carbocycles. The second-order valence-electron chi connectivity index (χ2n) is 6.23. The summed E-state index contributed by atoms with van der Waals surface area (Å²) in [6, 6.07) is 16.5. The van der Waals surface area contributed by atoms with Gasteiger partial charge in [0.2, 0.25) is 0 Å². The van der Waals surface area contributed by atoms with Gasteiger partial charge in [0.25, 0.3) is 0 Å². The lowest BCUT2D eigenvalue weighted by atomic mass is 9.95. The van der Waals surface area contributed by atoms with Gasteiger partial charge >= 0.3 is 0 Å². The van der Waals surface area contributed by atoms with E-state index in [1.807, 2.05) is 18.2 Å². The zero-order valence-electron chi connectivity index (χ0n) is 13.7. The van der Waals surface area contributed by atoms with Crippen molar-refractivity contribution in [1.82, 2.24) is 4.90 Å². The predicted octanol–water partition coefficient (Wildman–Crippen LogP) is 4.34. The summed E-state index contributed by atoms with van der Waals surface area (Å²) in [4.78, 5) is 13.6. The third-order valence-corrected chi connectivity index (χ3v) is 4.45. The highest BCUT2D eigenvalue weighted by molar-refractivity contribution is 5.83. The normalized spacial score (nSPS) is 15.8. The van der Waals surface area contributed by atoms with E-state index in [1.165, 1.54) is 42.6 Å². The van der Waals surface area contributed by atoms with E-state index in [0.717, 1.165) is 24.0 Å². The van der Waals surface area contributed by atoms with Gasteiger partial charge in [-0.25, -0.2) is 0 Å². The Labute approximate surface area is 138 Å². The Morgan fingerprint density at radius 1 is 1.04 bits per heavy atom. The van der Waals surface area contributed by atoms with Crippen molar-refractivity contribution in [3.05, 3.63) is 76.9 Å². The molecule has 2 heteroatoms. The Morgan fingerprint density at radius 2 is 1.78 bits per heavy atom. The molecule has 0 radical (unpaired) electrons. The van der Waals surface area contributed by atoms with Gasteiger partial charge in [-0.05, 0) is 55.6 Å². The highest BCUT2D eigenvalue weighted by Gasteiger charge is 2.11. The molecule has 0 atom stereocenters. The van der Waals surface area contributed by atoms with Crippen molar-refractivity contribution in [2.24, 2.45) is 0 Å². The molecule has 118 valence electrons. The molecule has 0 aromatic heterocycles. The minimum absolute atomic E-state index is 0.724. The maximum atomic E-state index is 11.1. The number of carbonyl (C=O) groups is 1. The molecule has 0 unspecified atom stereocenters. The second kappa shape index (κ2) is 7.38. The third-order valence-electron chi connectivity index (χ3n) is 4.45. The minimum Gasteiger partial charge on any atom is -0.300 e. The molecule has 1 heterocycles. The Hall–Kier alpha value is -2.19. The number of carbonyl (C=O) groups excluding carboxylic acids is 1.